The van der Waals surface area contributed by atoms with Crippen LogP contribution < -0.4 is 15.0 Å². The van der Waals surface area contributed by atoms with E-state index in [-0.39, 0.29) is 18.2 Å². The summed E-state index contributed by atoms with van der Waals surface area (Å²) in [7, 11) is 0. The molecular weight excluding hydrogens is 335 g/mol. The van der Waals surface area contributed by atoms with Gasteiger partial charge in [-0.25, -0.2) is 4.39 Å². The van der Waals surface area contributed by atoms with Crippen molar-refractivity contribution in [3.05, 3.63) is 53.8 Å². The number of halogens is 1. The highest BCUT2D eigenvalue weighted by Crippen LogP contribution is 2.28. The van der Waals surface area contributed by atoms with E-state index >= 15 is 0 Å². The largest absolute Gasteiger partial charge is 0.494 e. The molecule has 1 aliphatic rings. The Balaban J connectivity index is 1.68. The SMILES string of the molecule is CCOc1ccc(N2C[C@@H](C(=O)Nc3cc(F)ccc3C)CC2=O)cc1. The van der Waals surface area contributed by atoms with Gasteiger partial charge in [-0.05, 0) is 55.8 Å². The Hall–Kier alpha value is -2.89. The average molecular weight is 356 g/mol. The second-order valence-corrected chi connectivity index (χ2v) is 6.28. The van der Waals surface area contributed by atoms with Crippen LogP contribution in [-0.2, 0) is 9.59 Å². The number of nitrogens with one attached hydrogen (secondary N) is 1. The molecule has 1 heterocycles. The maximum absolute atomic E-state index is 13.4. The van der Waals surface area contributed by atoms with Gasteiger partial charge in [0, 0.05) is 24.3 Å². The van der Waals surface area contributed by atoms with Gasteiger partial charge < -0.3 is 15.0 Å². The molecule has 0 bridgehead atoms. The fourth-order valence-corrected chi connectivity index (χ4v) is 2.99. The highest BCUT2D eigenvalue weighted by molar-refractivity contribution is 6.03. The van der Waals surface area contributed by atoms with E-state index in [9.17, 15) is 14.0 Å². The summed E-state index contributed by atoms with van der Waals surface area (Å²) >= 11 is 0. The Morgan fingerprint density at radius 1 is 1.27 bits per heavy atom. The van der Waals surface area contributed by atoms with Crippen LogP contribution in [0, 0.1) is 18.7 Å². The van der Waals surface area contributed by atoms with Gasteiger partial charge in [0.1, 0.15) is 11.6 Å². The second-order valence-electron chi connectivity index (χ2n) is 6.28. The van der Waals surface area contributed by atoms with Gasteiger partial charge in [-0.1, -0.05) is 6.07 Å². The predicted octanol–water partition coefficient (Wildman–Crippen LogP) is 3.52. The predicted molar refractivity (Wildman–Crippen MR) is 97.8 cm³/mol. The summed E-state index contributed by atoms with van der Waals surface area (Å²) in [4.78, 5) is 26.4. The number of rotatable bonds is 5. The lowest BCUT2D eigenvalue weighted by Gasteiger charge is -2.17. The van der Waals surface area contributed by atoms with E-state index in [2.05, 4.69) is 5.32 Å². The number of benzene rings is 2. The standard InChI is InChI=1S/C20H21FN2O3/c1-3-26-17-8-6-16(7-9-17)23-12-14(10-19(23)24)20(25)22-18-11-15(21)5-4-13(18)2/h4-9,11,14H,3,10,12H2,1-2H3,(H,22,25)/t14-/m0/s1. The zero-order chi connectivity index (χ0) is 18.7. The fourth-order valence-electron chi connectivity index (χ4n) is 2.99. The summed E-state index contributed by atoms with van der Waals surface area (Å²) in [6.45, 7) is 4.57. The average Bonchev–Trinajstić information content (AvgIpc) is 3.01. The molecule has 2 aromatic carbocycles. The number of hydrogen-bond acceptors (Lipinski definition) is 3. The molecule has 1 fully saturated rings. The minimum atomic E-state index is -0.475. The first-order chi connectivity index (χ1) is 12.5. The molecule has 0 unspecified atom stereocenters. The van der Waals surface area contributed by atoms with Crippen LogP contribution in [0.15, 0.2) is 42.5 Å². The van der Waals surface area contributed by atoms with Gasteiger partial charge in [0.2, 0.25) is 11.8 Å². The van der Waals surface area contributed by atoms with Crippen molar-refractivity contribution < 1.29 is 18.7 Å². The molecule has 26 heavy (non-hydrogen) atoms. The van der Waals surface area contributed by atoms with E-state index < -0.39 is 11.7 Å². The number of nitrogens with zero attached hydrogens (tertiary/aromatic N) is 1. The van der Waals surface area contributed by atoms with Crippen molar-refractivity contribution in [2.45, 2.75) is 20.3 Å². The number of carbonyl (C=O) groups excluding carboxylic acids is 2. The third-order valence-electron chi connectivity index (χ3n) is 4.41. The third-order valence-corrected chi connectivity index (χ3v) is 4.41. The van der Waals surface area contributed by atoms with Gasteiger partial charge in [0.05, 0.1) is 12.5 Å². The Labute approximate surface area is 151 Å². The van der Waals surface area contributed by atoms with Crippen LogP contribution in [0.1, 0.15) is 18.9 Å². The molecule has 2 amide bonds. The van der Waals surface area contributed by atoms with E-state index in [1.807, 2.05) is 6.92 Å². The summed E-state index contributed by atoms with van der Waals surface area (Å²) in [6.07, 6.45) is 0.132. The van der Waals surface area contributed by atoms with Crippen LogP contribution >= 0.6 is 0 Å². The lowest BCUT2D eigenvalue weighted by molar-refractivity contribution is -0.122. The molecule has 0 saturated carbocycles. The van der Waals surface area contributed by atoms with E-state index in [1.165, 1.54) is 12.1 Å². The first-order valence-corrected chi connectivity index (χ1v) is 8.58. The first-order valence-electron chi connectivity index (χ1n) is 8.58. The van der Waals surface area contributed by atoms with Crippen LogP contribution in [0.3, 0.4) is 0 Å². The van der Waals surface area contributed by atoms with E-state index in [1.54, 1.807) is 42.2 Å². The topological polar surface area (TPSA) is 58.6 Å². The molecule has 136 valence electrons. The Bertz CT molecular complexity index is 820. The quantitative estimate of drug-likeness (QED) is 0.892. The highest BCUT2D eigenvalue weighted by atomic mass is 19.1. The van der Waals surface area contributed by atoms with Crippen molar-refractivity contribution in [3.8, 4) is 5.75 Å². The highest BCUT2D eigenvalue weighted by Gasteiger charge is 2.35. The molecular formula is C20H21FN2O3. The Morgan fingerprint density at radius 2 is 2.00 bits per heavy atom. The number of amides is 2. The molecule has 0 aromatic heterocycles. The molecule has 1 aliphatic heterocycles. The maximum Gasteiger partial charge on any atom is 0.229 e. The van der Waals surface area contributed by atoms with Crippen molar-refractivity contribution in [2.75, 3.05) is 23.4 Å². The molecule has 0 radical (unpaired) electrons. The Morgan fingerprint density at radius 3 is 2.69 bits per heavy atom. The number of anilines is 2. The molecule has 1 saturated heterocycles. The van der Waals surface area contributed by atoms with Crippen molar-refractivity contribution in [1.29, 1.82) is 0 Å². The van der Waals surface area contributed by atoms with E-state index in [0.717, 1.165) is 17.0 Å². The van der Waals surface area contributed by atoms with Gasteiger partial charge in [-0.2, -0.15) is 0 Å². The normalized spacial score (nSPS) is 16.7. The molecule has 1 atom stereocenters. The number of aryl methyl sites for hydroxylation is 1. The van der Waals surface area contributed by atoms with Crippen LogP contribution in [0.4, 0.5) is 15.8 Å². The van der Waals surface area contributed by atoms with Crippen molar-refractivity contribution in [3.63, 3.8) is 0 Å². The van der Waals surface area contributed by atoms with Gasteiger partial charge in [-0.15, -0.1) is 0 Å². The monoisotopic (exact) mass is 356 g/mol. The zero-order valence-electron chi connectivity index (χ0n) is 14.8. The molecule has 5 nitrogen and oxygen atoms in total. The lowest BCUT2D eigenvalue weighted by Crippen LogP contribution is -2.28. The number of carbonyl (C=O) groups is 2. The van der Waals surface area contributed by atoms with Crippen LogP contribution in [0.25, 0.3) is 0 Å². The third kappa shape index (κ3) is 3.85. The van der Waals surface area contributed by atoms with Crippen molar-refractivity contribution in [2.24, 2.45) is 5.92 Å². The number of ether oxygens (including phenoxy) is 1. The molecule has 1 N–H and O–H groups in total. The van der Waals surface area contributed by atoms with Crippen LogP contribution in [0.5, 0.6) is 5.75 Å². The Kier molecular flexibility index (Phi) is 5.21. The second kappa shape index (κ2) is 7.56. The van der Waals surface area contributed by atoms with Gasteiger partial charge >= 0.3 is 0 Å². The van der Waals surface area contributed by atoms with Gasteiger partial charge in [0.15, 0.2) is 0 Å². The molecule has 6 heteroatoms. The van der Waals surface area contributed by atoms with Crippen molar-refractivity contribution >= 4 is 23.2 Å². The summed E-state index contributed by atoms with van der Waals surface area (Å²) in [5, 5.41) is 2.73. The van der Waals surface area contributed by atoms with Crippen LogP contribution in [-0.4, -0.2) is 25.0 Å². The fraction of sp³-hybridized carbons (Fsp3) is 0.300. The molecule has 0 spiro atoms. The minimum absolute atomic E-state index is 0.106. The van der Waals surface area contributed by atoms with Crippen LogP contribution in [0.2, 0.25) is 0 Å². The minimum Gasteiger partial charge on any atom is -0.494 e. The molecule has 0 aliphatic carbocycles. The van der Waals surface area contributed by atoms with Gasteiger partial charge in [-0.3, -0.25) is 9.59 Å². The number of hydrogen-bond donors (Lipinski definition) is 1. The summed E-state index contributed by atoms with van der Waals surface area (Å²) in [5.41, 5.74) is 1.94. The van der Waals surface area contributed by atoms with E-state index in [0.29, 0.717) is 18.8 Å². The molecule has 2 aromatic rings. The summed E-state index contributed by atoms with van der Waals surface area (Å²) in [6, 6.07) is 11.5. The summed E-state index contributed by atoms with van der Waals surface area (Å²) < 4.78 is 18.8. The first kappa shape index (κ1) is 17.9. The van der Waals surface area contributed by atoms with Crippen molar-refractivity contribution in [1.82, 2.24) is 0 Å². The maximum atomic E-state index is 13.4. The van der Waals surface area contributed by atoms with Gasteiger partial charge in [0.25, 0.3) is 0 Å². The lowest BCUT2D eigenvalue weighted by atomic mass is 10.1. The smallest absolute Gasteiger partial charge is 0.229 e. The van der Waals surface area contributed by atoms with E-state index in [4.69, 9.17) is 4.74 Å². The summed E-state index contributed by atoms with van der Waals surface area (Å²) in [5.74, 6) is -0.536. The molecule has 3 rings (SSSR count). The zero-order valence-corrected chi connectivity index (χ0v) is 14.8.